The van der Waals surface area contributed by atoms with E-state index in [2.05, 4.69) is 10.6 Å². The van der Waals surface area contributed by atoms with Gasteiger partial charge in [0, 0.05) is 13.0 Å². The molecular formula is C17H29N5O7. The fraction of sp³-hybridized carbons (Fsp3) is 0.706. The second-order valence-corrected chi connectivity index (χ2v) is 7.11. The molecule has 12 heteroatoms. The Morgan fingerprint density at radius 1 is 1.14 bits per heavy atom. The summed E-state index contributed by atoms with van der Waals surface area (Å²) >= 11 is 0. The van der Waals surface area contributed by atoms with Gasteiger partial charge in [0.05, 0.1) is 12.1 Å². The first-order valence-electron chi connectivity index (χ1n) is 9.31. The van der Waals surface area contributed by atoms with Gasteiger partial charge in [0.2, 0.25) is 23.6 Å². The molecule has 0 aromatic heterocycles. The van der Waals surface area contributed by atoms with E-state index in [-0.39, 0.29) is 25.8 Å². The Kier molecular flexibility index (Phi) is 8.98. The van der Waals surface area contributed by atoms with Gasteiger partial charge in [-0.3, -0.25) is 19.2 Å². The number of nitrogens with two attached hydrogens (primary N) is 2. The first kappa shape index (κ1) is 24.3. The van der Waals surface area contributed by atoms with Crippen LogP contribution in [0.4, 0.5) is 0 Å². The average Bonchev–Trinajstić information content (AvgIpc) is 3.11. The number of rotatable bonds is 10. The quantitative estimate of drug-likeness (QED) is 0.217. The Hall–Kier alpha value is -2.73. The number of aliphatic hydroxyl groups is 1. The summed E-state index contributed by atoms with van der Waals surface area (Å²) in [5, 5.41) is 24.0. The SMILES string of the molecule is CC(N)C(=O)NC(CCC(N)=O)C(=O)NC(C(=O)N1CCCC1C(=O)O)C(C)O. The Bertz CT molecular complexity index is 652. The third-order valence-corrected chi connectivity index (χ3v) is 4.59. The summed E-state index contributed by atoms with van der Waals surface area (Å²) < 4.78 is 0. The van der Waals surface area contributed by atoms with Crippen LogP contribution in [0.2, 0.25) is 0 Å². The van der Waals surface area contributed by atoms with Crippen LogP contribution in [0, 0.1) is 0 Å². The van der Waals surface area contributed by atoms with E-state index in [1.165, 1.54) is 13.8 Å². The van der Waals surface area contributed by atoms with E-state index in [0.29, 0.717) is 6.42 Å². The Morgan fingerprint density at radius 2 is 1.76 bits per heavy atom. The van der Waals surface area contributed by atoms with Crippen LogP contribution in [0.3, 0.4) is 0 Å². The van der Waals surface area contributed by atoms with E-state index in [1.807, 2.05) is 0 Å². The summed E-state index contributed by atoms with van der Waals surface area (Å²) in [4.78, 5) is 60.7. The number of nitrogens with one attached hydrogen (secondary N) is 2. The van der Waals surface area contributed by atoms with Crippen LogP contribution < -0.4 is 22.1 Å². The zero-order valence-electron chi connectivity index (χ0n) is 16.5. The van der Waals surface area contributed by atoms with E-state index < -0.39 is 59.9 Å². The van der Waals surface area contributed by atoms with E-state index in [9.17, 15) is 34.2 Å². The topological polar surface area (TPSA) is 205 Å². The number of primary amides is 1. The fourth-order valence-electron chi connectivity index (χ4n) is 2.97. The van der Waals surface area contributed by atoms with Crippen LogP contribution in [0.25, 0.3) is 0 Å². The van der Waals surface area contributed by atoms with Gasteiger partial charge in [-0.15, -0.1) is 0 Å². The molecule has 0 saturated carbocycles. The van der Waals surface area contributed by atoms with Crippen LogP contribution >= 0.6 is 0 Å². The molecule has 1 fully saturated rings. The summed E-state index contributed by atoms with van der Waals surface area (Å²) in [6.07, 6.45) is -0.927. The molecule has 29 heavy (non-hydrogen) atoms. The van der Waals surface area contributed by atoms with Crippen LogP contribution in [0.1, 0.15) is 39.5 Å². The van der Waals surface area contributed by atoms with Gasteiger partial charge < -0.3 is 37.2 Å². The molecule has 1 aliphatic rings. The van der Waals surface area contributed by atoms with Crippen LogP contribution in [-0.2, 0) is 24.0 Å². The van der Waals surface area contributed by atoms with Gasteiger partial charge in [0.1, 0.15) is 18.1 Å². The maximum atomic E-state index is 12.8. The first-order valence-corrected chi connectivity index (χ1v) is 9.31. The zero-order valence-corrected chi connectivity index (χ0v) is 16.5. The maximum Gasteiger partial charge on any atom is 0.326 e. The molecule has 0 aromatic rings. The predicted octanol–water partition coefficient (Wildman–Crippen LogP) is -2.97. The van der Waals surface area contributed by atoms with Gasteiger partial charge in [-0.2, -0.15) is 0 Å². The fourth-order valence-corrected chi connectivity index (χ4v) is 2.97. The number of carbonyl (C=O) groups is 5. The molecule has 164 valence electrons. The smallest absolute Gasteiger partial charge is 0.326 e. The molecule has 8 N–H and O–H groups in total. The normalized spacial score (nSPS) is 20.3. The van der Waals surface area contributed by atoms with Gasteiger partial charge >= 0.3 is 5.97 Å². The highest BCUT2D eigenvalue weighted by molar-refractivity contribution is 5.94. The molecule has 1 heterocycles. The van der Waals surface area contributed by atoms with Gasteiger partial charge in [-0.05, 0) is 33.1 Å². The number of aliphatic carboxylic acids is 1. The standard InChI is InChI=1S/C17H29N5O7/c1-8(18)14(25)20-10(5-6-12(19)24)15(26)21-13(9(2)23)16(27)22-7-3-4-11(22)17(28)29/h8-11,13,23H,3-7,18H2,1-2H3,(H2,19,24)(H,20,25)(H,21,26)(H,28,29). The van der Waals surface area contributed by atoms with Crippen molar-refractivity contribution in [3.05, 3.63) is 0 Å². The molecule has 12 nitrogen and oxygen atoms in total. The largest absolute Gasteiger partial charge is 0.480 e. The van der Waals surface area contributed by atoms with E-state index >= 15 is 0 Å². The van der Waals surface area contributed by atoms with Gasteiger partial charge in [-0.1, -0.05) is 0 Å². The first-order chi connectivity index (χ1) is 13.5. The second-order valence-electron chi connectivity index (χ2n) is 7.11. The maximum absolute atomic E-state index is 12.8. The number of amides is 4. The van der Waals surface area contributed by atoms with E-state index in [0.717, 1.165) is 4.90 Å². The van der Waals surface area contributed by atoms with Crippen molar-refractivity contribution in [2.75, 3.05) is 6.54 Å². The highest BCUT2D eigenvalue weighted by atomic mass is 16.4. The molecule has 1 rings (SSSR count). The molecule has 1 saturated heterocycles. The van der Waals surface area contributed by atoms with Crippen LogP contribution in [-0.4, -0.2) is 81.5 Å². The Morgan fingerprint density at radius 3 is 2.24 bits per heavy atom. The number of hydrogen-bond donors (Lipinski definition) is 6. The lowest BCUT2D eigenvalue weighted by Crippen LogP contribution is -2.59. The van der Waals surface area contributed by atoms with E-state index in [1.54, 1.807) is 0 Å². The highest BCUT2D eigenvalue weighted by Gasteiger charge is 2.40. The number of carboxylic acids is 1. The Balaban J connectivity index is 2.96. The summed E-state index contributed by atoms with van der Waals surface area (Å²) in [5.74, 6) is -4.09. The lowest BCUT2D eigenvalue weighted by molar-refractivity contribution is -0.150. The number of nitrogens with zero attached hydrogens (tertiary/aromatic N) is 1. The third kappa shape index (κ3) is 6.98. The summed E-state index contributed by atoms with van der Waals surface area (Å²) in [7, 11) is 0. The lowest BCUT2D eigenvalue weighted by Gasteiger charge is -2.30. The summed E-state index contributed by atoms with van der Waals surface area (Å²) in [6.45, 7) is 2.86. The van der Waals surface area contributed by atoms with E-state index in [4.69, 9.17) is 11.5 Å². The number of likely N-dealkylation sites (tertiary alicyclic amines) is 1. The summed E-state index contributed by atoms with van der Waals surface area (Å²) in [6, 6.07) is -4.60. The third-order valence-electron chi connectivity index (χ3n) is 4.59. The average molecular weight is 415 g/mol. The number of carboxylic acid groups (broad SMARTS) is 1. The highest BCUT2D eigenvalue weighted by Crippen LogP contribution is 2.19. The van der Waals surface area contributed by atoms with Gasteiger partial charge in [0.15, 0.2) is 0 Å². The minimum Gasteiger partial charge on any atom is -0.480 e. The molecule has 0 aromatic carbocycles. The predicted molar refractivity (Wildman–Crippen MR) is 100.0 cm³/mol. The second kappa shape index (κ2) is 10.7. The molecule has 0 radical (unpaired) electrons. The van der Waals surface area contributed by atoms with Crippen LogP contribution in [0.5, 0.6) is 0 Å². The minimum absolute atomic E-state index is 0.137. The molecule has 4 amide bonds. The lowest BCUT2D eigenvalue weighted by atomic mass is 10.1. The van der Waals surface area contributed by atoms with Gasteiger partial charge in [0.25, 0.3) is 0 Å². The molecule has 0 bridgehead atoms. The number of hydrogen-bond acceptors (Lipinski definition) is 7. The zero-order chi connectivity index (χ0) is 22.3. The molecule has 1 aliphatic heterocycles. The number of carbonyl (C=O) groups excluding carboxylic acids is 4. The van der Waals surface area contributed by atoms with Crippen LogP contribution in [0.15, 0.2) is 0 Å². The molecule has 5 unspecified atom stereocenters. The minimum atomic E-state index is -1.43. The van der Waals surface area contributed by atoms with Crippen molar-refractivity contribution in [2.45, 2.75) is 69.8 Å². The molecule has 0 spiro atoms. The van der Waals surface area contributed by atoms with Gasteiger partial charge in [-0.25, -0.2) is 4.79 Å². The van der Waals surface area contributed by atoms with Crippen molar-refractivity contribution in [1.82, 2.24) is 15.5 Å². The van der Waals surface area contributed by atoms with Crippen molar-refractivity contribution in [2.24, 2.45) is 11.5 Å². The number of aliphatic hydroxyl groups excluding tert-OH is 1. The van der Waals surface area contributed by atoms with Crippen molar-refractivity contribution >= 4 is 29.6 Å². The monoisotopic (exact) mass is 415 g/mol. The van der Waals surface area contributed by atoms with Crippen molar-refractivity contribution in [3.8, 4) is 0 Å². The summed E-state index contributed by atoms with van der Waals surface area (Å²) in [5.41, 5.74) is 10.6. The molecular weight excluding hydrogens is 386 g/mol. The van der Waals surface area contributed by atoms with Crippen molar-refractivity contribution in [1.29, 1.82) is 0 Å². The molecule has 0 aliphatic carbocycles. The van der Waals surface area contributed by atoms with Crippen molar-refractivity contribution in [3.63, 3.8) is 0 Å². The molecule has 5 atom stereocenters. The van der Waals surface area contributed by atoms with Crippen molar-refractivity contribution < 1.29 is 34.2 Å². The Labute approximate surface area is 168 Å².